The van der Waals surface area contributed by atoms with E-state index in [9.17, 15) is 0 Å². The summed E-state index contributed by atoms with van der Waals surface area (Å²) in [7, 11) is 0. The molecule has 2 aliphatic rings. The van der Waals surface area contributed by atoms with Gasteiger partial charge in [0.1, 0.15) is 5.75 Å². The Hall–Kier alpha value is -1.02. The van der Waals surface area contributed by atoms with Crippen molar-refractivity contribution in [2.24, 2.45) is 5.92 Å². The van der Waals surface area contributed by atoms with E-state index in [1.54, 1.807) is 0 Å². The van der Waals surface area contributed by atoms with Gasteiger partial charge in [0, 0.05) is 5.92 Å². The molecule has 25 heavy (non-hydrogen) atoms. The minimum absolute atomic E-state index is 0.0575. The maximum atomic E-state index is 6.51. The number of benzene rings is 1. The van der Waals surface area contributed by atoms with Crippen LogP contribution < -0.4 is 4.74 Å². The Labute approximate surface area is 154 Å². The van der Waals surface area contributed by atoms with Gasteiger partial charge in [-0.25, -0.2) is 0 Å². The van der Waals surface area contributed by atoms with E-state index in [0.29, 0.717) is 17.9 Å². The molecule has 0 aliphatic heterocycles. The molecule has 2 aliphatic carbocycles. The molecule has 1 aromatic rings. The van der Waals surface area contributed by atoms with Crippen LogP contribution in [0.1, 0.15) is 96.0 Å². The van der Waals surface area contributed by atoms with Crippen molar-refractivity contribution in [2.45, 2.75) is 103 Å². The van der Waals surface area contributed by atoms with Crippen LogP contribution in [0, 0.1) is 5.92 Å². The first kappa shape index (κ1) is 18.8. The molecule has 2 fully saturated rings. The lowest BCUT2D eigenvalue weighted by Crippen LogP contribution is -2.36. The number of hydrogen-bond acceptors (Lipinski definition) is 2. The molecular weight excluding hydrogens is 308 g/mol. The average Bonchev–Trinajstić information content (AvgIpc) is 2.69. The van der Waals surface area contributed by atoms with Crippen LogP contribution >= 0.6 is 0 Å². The second kappa shape index (κ2) is 9.62. The molecule has 0 amide bonds. The maximum absolute atomic E-state index is 6.51. The fourth-order valence-corrected chi connectivity index (χ4v) is 4.28. The van der Waals surface area contributed by atoms with Crippen LogP contribution in [0.4, 0.5) is 0 Å². The zero-order valence-corrected chi connectivity index (χ0v) is 16.2. The Morgan fingerprint density at radius 3 is 2.08 bits per heavy atom. The normalized spacial score (nSPS) is 22.5. The highest BCUT2D eigenvalue weighted by atomic mass is 16.7. The highest BCUT2D eigenvalue weighted by Crippen LogP contribution is 2.33. The summed E-state index contributed by atoms with van der Waals surface area (Å²) in [5.41, 5.74) is 1.40. The Morgan fingerprint density at radius 1 is 0.880 bits per heavy atom. The number of rotatable bonds is 7. The van der Waals surface area contributed by atoms with E-state index < -0.39 is 0 Å². The first-order valence-electron chi connectivity index (χ1n) is 10.7. The van der Waals surface area contributed by atoms with E-state index in [1.165, 1.54) is 76.2 Å². The summed E-state index contributed by atoms with van der Waals surface area (Å²) in [5, 5.41) is 0. The first-order chi connectivity index (χ1) is 12.3. The quantitative estimate of drug-likeness (QED) is 0.504. The van der Waals surface area contributed by atoms with Gasteiger partial charge in [-0.1, -0.05) is 64.5 Å². The zero-order valence-electron chi connectivity index (χ0n) is 16.2. The third kappa shape index (κ3) is 5.48. The molecule has 0 N–H and O–H groups in total. The van der Waals surface area contributed by atoms with Gasteiger partial charge >= 0.3 is 0 Å². The van der Waals surface area contributed by atoms with Crippen molar-refractivity contribution < 1.29 is 9.47 Å². The molecule has 2 atom stereocenters. The van der Waals surface area contributed by atoms with Crippen LogP contribution in [-0.2, 0) is 4.74 Å². The molecule has 0 saturated heterocycles. The molecular formula is C23H36O2. The molecule has 0 spiro atoms. The molecule has 3 rings (SSSR count). The number of hydrogen-bond donors (Lipinski definition) is 0. The fourth-order valence-electron chi connectivity index (χ4n) is 4.28. The highest BCUT2D eigenvalue weighted by molar-refractivity contribution is 5.29. The molecule has 0 bridgehead atoms. The summed E-state index contributed by atoms with van der Waals surface area (Å²) in [6.45, 7) is 4.53. The molecule has 1 aromatic carbocycles. The Bertz CT molecular complexity index is 483. The topological polar surface area (TPSA) is 18.5 Å². The smallest absolute Gasteiger partial charge is 0.202 e. The van der Waals surface area contributed by atoms with Gasteiger partial charge in [-0.15, -0.1) is 0 Å². The Balaban J connectivity index is 1.65. The van der Waals surface area contributed by atoms with Crippen LogP contribution in [0.25, 0.3) is 0 Å². The van der Waals surface area contributed by atoms with Crippen molar-refractivity contribution in [3.63, 3.8) is 0 Å². The largest absolute Gasteiger partial charge is 0.465 e. The summed E-state index contributed by atoms with van der Waals surface area (Å²) in [6, 6.07) is 8.73. The molecule has 2 nitrogen and oxygen atoms in total. The lowest BCUT2D eigenvalue weighted by atomic mass is 9.88. The zero-order chi connectivity index (χ0) is 17.5. The standard InChI is InChI=1S/C23H36O2/c1-3-18(2)19-14-16-22(17-15-19)25-23(20-10-6-4-7-11-20)24-21-12-8-5-9-13-21/h14-18,20-21,23H,3-13H2,1-2H3. The molecule has 140 valence electrons. The van der Waals surface area contributed by atoms with Crippen molar-refractivity contribution >= 4 is 0 Å². The van der Waals surface area contributed by atoms with Crippen LogP contribution in [0.5, 0.6) is 5.75 Å². The summed E-state index contributed by atoms with van der Waals surface area (Å²) in [5.74, 6) is 2.14. The van der Waals surface area contributed by atoms with E-state index in [4.69, 9.17) is 9.47 Å². The summed E-state index contributed by atoms with van der Waals surface area (Å²) >= 11 is 0. The van der Waals surface area contributed by atoms with E-state index in [0.717, 1.165) is 5.75 Å². The van der Waals surface area contributed by atoms with Crippen LogP contribution in [0.15, 0.2) is 24.3 Å². The highest BCUT2D eigenvalue weighted by Gasteiger charge is 2.29. The van der Waals surface area contributed by atoms with Crippen molar-refractivity contribution in [1.82, 2.24) is 0 Å². The monoisotopic (exact) mass is 344 g/mol. The van der Waals surface area contributed by atoms with Crippen molar-refractivity contribution in [3.8, 4) is 5.75 Å². The SMILES string of the molecule is CCC(C)c1ccc(OC(OC2CCCCC2)C2CCCCC2)cc1. The van der Waals surface area contributed by atoms with E-state index in [1.807, 2.05) is 0 Å². The molecule has 2 heteroatoms. The van der Waals surface area contributed by atoms with Gasteiger partial charge in [0.15, 0.2) is 0 Å². The summed E-state index contributed by atoms with van der Waals surface area (Å²) < 4.78 is 12.9. The van der Waals surface area contributed by atoms with Gasteiger partial charge in [-0.3, -0.25) is 0 Å². The lowest BCUT2D eigenvalue weighted by Gasteiger charge is -2.34. The second-order valence-electron chi connectivity index (χ2n) is 8.16. The first-order valence-corrected chi connectivity index (χ1v) is 10.7. The predicted molar refractivity (Wildman–Crippen MR) is 104 cm³/mol. The molecule has 0 heterocycles. The Morgan fingerprint density at radius 2 is 1.48 bits per heavy atom. The minimum atomic E-state index is -0.0575. The van der Waals surface area contributed by atoms with Gasteiger partial charge in [0.05, 0.1) is 6.10 Å². The fraction of sp³-hybridized carbons (Fsp3) is 0.739. The maximum Gasteiger partial charge on any atom is 0.202 e. The molecule has 2 unspecified atom stereocenters. The summed E-state index contributed by atoms with van der Waals surface area (Å²) in [4.78, 5) is 0. The third-order valence-corrected chi connectivity index (χ3v) is 6.23. The van der Waals surface area contributed by atoms with Crippen molar-refractivity contribution in [1.29, 1.82) is 0 Å². The van der Waals surface area contributed by atoms with Crippen LogP contribution in [-0.4, -0.2) is 12.4 Å². The molecule has 0 radical (unpaired) electrons. The van der Waals surface area contributed by atoms with Gasteiger partial charge < -0.3 is 9.47 Å². The van der Waals surface area contributed by atoms with Crippen LogP contribution in [0.2, 0.25) is 0 Å². The predicted octanol–water partition coefficient (Wildman–Crippen LogP) is 6.83. The second-order valence-corrected chi connectivity index (χ2v) is 8.16. The van der Waals surface area contributed by atoms with E-state index in [-0.39, 0.29) is 6.29 Å². The van der Waals surface area contributed by atoms with Gasteiger partial charge in [-0.05, 0) is 55.7 Å². The Kier molecular flexibility index (Phi) is 7.22. The van der Waals surface area contributed by atoms with Gasteiger partial charge in [0.2, 0.25) is 6.29 Å². The average molecular weight is 345 g/mol. The molecule has 0 aromatic heterocycles. The van der Waals surface area contributed by atoms with Crippen molar-refractivity contribution in [3.05, 3.63) is 29.8 Å². The van der Waals surface area contributed by atoms with E-state index >= 15 is 0 Å². The van der Waals surface area contributed by atoms with E-state index in [2.05, 4.69) is 38.1 Å². The van der Waals surface area contributed by atoms with Crippen LogP contribution in [0.3, 0.4) is 0 Å². The van der Waals surface area contributed by atoms with Crippen molar-refractivity contribution in [2.75, 3.05) is 0 Å². The lowest BCUT2D eigenvalue weighted by molar-refractivity contribution is -0.161. The molecule has 2 saturated carbocycles. The van der Waals surface area contributed by atoms with Gasteiger partial charge in [0.25, 0.3) is 0 Å². The third-order valence-electron chi connectivity index (χ3n) is 6.23. The number of ether oxygens (including phenoxy) is 2. The summed E-state index contributed by atoms with van der Waals surface area (Å²) in [6.07, 6.45) is 14.5. The van der Waals surface area contributed by atoms with Gasteiger partial charge in [-0.2, -0.15) is 0 Å². The minimum Gasteiger partial charge on any atom is -0.465 e.